The number of fused-ring (bicyclic) bond motifs is 15. The first-order valence-corrected chi connectivity index (χ1v) is 37.6. The van der Waals surface area contributed by atoms with Crippen LogP contribution in [-0.4, -0.2) is 29.9 Å². The number of hydrogen-bond acceptors (Lipinski definition) is 11. The van der Waals surface area contributed by atoms with Gasteiger partial charge in [-0.2, -0.15) is 0 Å². The number of rotatable bonds is 12. The average molecular weight is 1450 g/mol. The molecule has 16 aromatic carbocycles. The van der Waals surface area contributed by atoms with Crippen molar-refractivity contribution in [2.45, 2.75) is 0 Å². The van der Waals surface area contributed by atoms with Crippen molar-refractivity contribution >= 4 is 110 Å². The van der Waals surface area contributed by atoms with Gasteiger partial charge in [0.2, 0.25) is 0 Å². The summed E-state index contributed by atoms with van der Waals surface area (Å²) in [6, 6.07) is 122. The van der Waals surface area contributed by atoms with E-state index in [9.17, 15) is 0 Å². The molecule has 0 bridgehead atoms. The van der Waals surface area contributed by atoms with Gasteiger partial charge in [-0.15, -0.1) is 0 Å². The first-order chi connectivity index (χ1) is 55.9. The molecule has 0 saturated carbocycles. The van der Waals surface area contributed by atoms with Gasteiger partial charge >= 0.3 is 0 Å². The lowest BCUT2D eigenvalue weighted by molar-refractivity contribution is 0.668. The van der Waals surface area contributed by atoms with E-state index < -0.39 is 0 Å². The fourth-order valence-electron chi connectivity index (χ4n) is 16.2. The van der Waals surface area contributed by atoms with E-state index in [2.05, 4.69) is 249 Å². The van der Waals surface area contributed by atoms with Crippen molar-refractivity contribution in [1.82, 2.24) is 29.9 Å². The molecule has 0 spiro atoms. The van der Waals surface area contributed by atoms with Crippen LogP contribution in [0.25, 0.3) is 245 Å². The van der Waals surface area contributed by atoms with Crippen molar-refractivity contribution < 1.29 is 22.1 Å². The molecule has 0 aliphatic carbocycles. The predicted molar refractivity (Wildman–Crippen MR) is 455 cm³/mol. The summed E-state index contributed by atoms with van der Waals surface area (Å²) >= 11 is 0. The molecule has 23 aromatic rings. The number of aromatic nitrogens is 6. The van der Waals surface area contributed by atoms with Crippen LogP contribution in [0.2, 0.25) is 0 Å². The van der Waals surface area contributed by atoms with Crippen LogP contribution in [0.4, 0.5) is 0 Å². The van der Waals surface area contributed by atoms with Gasteiger partial charge in [-0.05, 0) is 164 Å². The summed E-state index contributed by atoms with van der Waals surface area (Å²) in [5.41, 5.74) is 26.1. The maximum Gasteiger partial charge on any atom is 0.164 e. The fourth-order valence-corrected chi connectivity index (χ4v) is 16.2. The smallest absolute Gasteiger partial charge is 0.164 e. The van der Waals surface area contributed by atoms with Crippen LogP contribution in [-0.2, 0) is 0 Å². The topological polar surface area (TPSA) is 143 Å². The maximum absolute atomic E-state index is 6.78. The summed E-state index contributed by atoms with van der Waals surface area (Å²) in [5, 5.41) is 10.6. The predicted octanol–water partition coefficient (Wildman–Crippen LogP) is 27.6. The van der Waals surface area contributed by atoms with Gasteiger partial charge in [0.25, 0.3) is 0 Å². The minimum Gasteiger partial charge on any atom is -0.456 e. The molecule has 7 aromatic heterocycles. The molecule has 526 valence electrons. The fraction of sp³-hybridized carbons (Fsp3) is 0. The standard InChI is InChI=1S/C102H58N6O5/c1-2-13-63(14-3-1)97-103-101(108-102(107-97)74-16-12-15-68(51-74)72-45-50-93-84(55-72)78-19-6-10-23-89(78)111-93)67-39-31-62(32-40-67)75-56-81(96-86(57-75)79-20-7-11-24-90(79)113-96)73-41-46-80-85-54-71(44-49-94(85)112-95(80)58-73)61-29-37-66(38-30-61)100-105-98(64-33-25-59(26-34-64)69-42-47-91-82(52-69)76-17-4-8-21-87(76)109-91)104-99(106-100)65-35-27-60(28-36-65)70-43-48-92-83(53-70)77-18-5-9-22-88(77)110-92/h1-58H. The van der Waals surface area contributed by atoms with Crippen LogP contribution in [0.1, 0.15) is 0 Å². The third kappa shape index (κ3) is 11.0. The largest absolute Gasteiger partial charge is 0.456 e. The van der Waals surface area contributed by atoms with E-state index in [-0.39, 0.29) is 0 Å². The molecule has 113 heavy (non-hydrogen) atoms. The van der Waals surface area contributed by atoms with Crippen molar-refractivity contribution in [2.24, 2.45) is 0 Å². The summed E-state index contributed by atoms with van der Waals surface area (Å²) in [6.07, 6.45) is 0. The van der Waals surface area contributed by atoms with Crippen molar-refractivity contribution in [3.8, 4) is 135 Å². The SMILES string of the molecule is c1ccc(-c2nc(-c3ccc(-c4cc(-c5ccc6c(c5)oc5ccc(-c7ccc(-c8nc(-c9ccc(-c%10ccc%11oc%12ccccc%12c%11c%10)cc9)nc(-c9ccc(-c%10ccc%11oc%12ccccc%12c%11c%10)cc9)n8)cc7)cc56)c5oc6ccccc6c5c4)cc3)nc(-c3cccc(-c4ccc5oc6ccccc6c5c4)c3)n2)cc1. The summed E-state index contributed by atoms with van der Waals surface area (Å²) in [5.74, 6) is 3.44. The van der Waals surface area contributed by atoms with E-state index in [0.29, 0.717) is 34.9 Å². The van der Waals surface area contributed by atoms with E-state index in [1.54, 1.807) is 0 Å². The van der Waals surface area contributed by atoms with E-state index in [1.165, 1.54) is 0 Å². The Morgan fingerprint density at radius 2 is 0.398 bits per heavy atom. The second kappa shape index (κ2) is 25.6. The zero-order valence-corrected chi connectivity index (χ0v) is 60.2. The summed E-state index contributed by atoms with van der Waals surface area (Å²) in [4.78, 5) is 31.1. The Morgan fingerprint density at radius 3 is 0.823 bits per heavy atom. The molecule has 0 fully saturated rings. The van der Waals surface area contributed by atoms with Gasteiger partial charge in [-0.3, -0.25) is 0 Å². The van der Waals surface area contributed by atoms with Gasteiger partial charge in [-0.1, -0.05) is 249 Å². The molecule has 0 aliphatic heterocycles. The quantitative estimate of drug-likeness (QED) is 0.115. The van der Waals surface area contributed by atoms with Gasteiger partial charge in [0.15, 0.2) is 34.9 Å². The van der Waals surface area contributed by atoms with Crippen LogP contribution in [0, 0.1) is 0 Å². The van der Waals surface area contributed by atoms with E-state index in [4.69, 9.17) is 52.0 Å². The maximum atomic E-state index is 6.78. The highest BCUT2D eigenvalue weighted by Gasteiger charge is 2.22. The Morgan fingerprint density at radius 1 is 0.133 bits per heavy atom. The molecule has 23 rings (SSSR count). The molecule has 0 N–H and O–H groups in total. The Labute approximate surface area is 644 Å². The van der Waals surface area contributed by atoms with Crippen LogP contribution in [0.15, 0.2) is 374 Å². The first kappa shape index (κ1) is 63.6. The van der Waals surface area contributed by atoms with Crippen molar-refractivity contribution in [3.63, 3.8) is 0 Å². The monoisotopic (exact) mass is 1450 g/mol. The van der Waals surface area contributed by atoms with Gasteiger partial charge < -0.3 is 22.1 Å². The molecule has 0 aliphatic rings. The number of para-hydroxylation sites is 4. The van der Waals surface area contributed by atoms with Crippen molar-refractivity contribution in [2.75, 3.05) is 0 Å². The normalized spacial score (nSPS) is 11.9. The van der Waals surface area contributed by atoms with Crippen LogP contribution >= 0.6 is 0 Å². The van der Waals surface area contributed by atoms with Crippen molar-refractivity contribution in [3.05, 3.63) is 352 Å². The highest BCUT2D eigenvalue weighted by molar-refractivity contribution is 6.14. The molecule has 11 heteroatoms. The Hall–Kier alpha value is -15.5. The summed E-state index contributed by atoms with van der Waals surface area (Å²) in [6.45, 7) is 0. The Kier molecular flexibility index (Phi) is 14.4. The molecular formula is C102H58N6O5. The van der Waals surface area contributed by atoms with Gasteiger partial charge in [0.05, 0.1) is 0 Å². The zero-order valence-electron chi connectivity index (χ0n) is 60.2. The number of furan rings is 5. The highest BCUT2D eigenvalue weighted by atomic mass is 16.3. The lowest BCUT2D eigenvalue weighted by Gasteiger charge is -2.11. The molecule has 0 radical (unpaired) electrons. The molecule has 7 heterocycles. The second-order valence-electron chi connectivity index (χ2n) is 28.8. The molecule has 0 unspecified atom stereocenters. The molecule has 0 amide bonds. The first-order valence-electron chi connectivity index (χ1n) is 37.6. The van der Waals surface area contributed by atoms with Gasteiger partial charge in [0, 0.05) is 92.8 Å². The third-order valence-electron chi connectivity index (χ3n) is 22.1. The lowest BCUT2D eigenvalue weighted by Crippen LogP contribution is -2.00. The van der Waals surface area contributed by atoms with E-state index >= 15 is 0 Å². The molecule has 11 nitrogen and oxygen atoms in total. The molecule has 0 atom stereocenters. The van der Waals surface area contributed by atoms with Crippen LogP contribution in [0.3, 0.4) is 0 Å². The average Bonchev–Trinajstić information content (AvgIpc) is 1.50. The summed E-state index contributed by atoms with van der Waals surface area (Å²) < 4.78 is 32.1. The third-order valence-corrected chi connectivity index (χ3v) is 22.1. The van der Waals surface area contributed by atoms with Gasteiger partial charge in [0.1, 0.15) is 55.8 Å². The minimum atomic E-state index is 0.562. The highest BCUT2D eigenvalue weighted by Crippen LogP contribution is 2.45. The summed E-state index contributed by atoms with van der Waals surface area (Å²) in [7, 11) is 0. The van der Waals surface area contributed by atoms with Crippen LogP contribution < -0.4 is 0 Å². The van der Waals surface area contributed by atoms with E-state index in [1.807, 2.05) is 103 Å². The molecule has 0 saturated heterocycles. The van der Waals surface area contributed by atoms with Crippen molar-refractivity contribution in [1.29, 1.82) is 0 Å². The Bertz CT molecular complexity index is 7610. The second-order valence-corrected chi connectivity index (χ2v) is 28.8. The van der Waals surface area contributed by atoms with Gasteiger partial charge in [-0.25, -0.2) is 29.9 Å². The minimum absolute atomic E-state index is 0.562. The zero-order chi connectivity index (χ0) is 74.2. The Balaban J connectivity index is 0.558. The van der Waals surface area contributed by atoms with E-state index in [0.717, 1.165) is 210 Å². The number of benzene rings is 16. The lowest BCUT2D eigenvalue weighted by atomic mass is 9.94. The molecular weight excluding hydrogens is 1390 g/mol. The number of nitrogens with zero attached hydrogens (tertiary/aromatic N) is 6. The van der Waals surface area contributed by atoms with Crippen LogP contribution in [0.5, 0.6) is 0 Å². The number of hydrogen-bond donors (Lipinski definition) is 0.